The number of benzene rings is 3. The Bertz CT molecular complexity index is 1340. The minimum Gasteiger partial charge on any atom is -0.504 e. The Labute approximate surface area is 202 Å². The van der Waals surface area contributed by atoms with Gasteiger partial charge in [0.2, 0.25) is 5.75 Å². The number of hydrogen-bond donors (Lipinski definition) is 1. The number of ether oxygens (including phenoxy) is 4. The van der Waals surface area contributed by atoms with Gasteiger partial charge in [-0.3, -0.25) is 0 Å². The Balaban J connectivity index is 2.07. The molecule has 0 saturated heterocycles. The third kappa shape index (κ3) is 5.48. The topological polar surface area (TPSA) is 91.3 Å². The predicted octanol–water partition coefficient (Wildman–Crippen LogP) is 4.85. The first-order valence-electron chi connectivity index (χ1n) is 10.2. The smallest absolute Gasteiger partial charge is 0.203 e. The van der Waals surface area contributed by atoms with Crippen molar-refractivity contribution in [3.8, 4) is 28.7 Å². The maximum Gasteiger partial charge on any atom is 0.203 e. The van der Waals surface area contributed by atoms with E-state index in [0.29, 0.717) is 34.4 Å². The number of methoxy groups -OCH3 is 4. The molecular weight excluding hydrogens is 482 g/mol. The molecule has 0 aliphatic heterocycles. The number of phenolic OH excluding ortho intramolecular Hbond substituents is 1. The van der Waals surface area contributed by atoms with Crippen LogP contribution in [0.2, 0.25) is 0 Å². The molecule has 0 aromatic heterocycles. The van der Waals surface area contributed by atoms with Crippen LogP contribution < -0.4 is 18.9 Å². The minimum absolute atomic E-state index is 0.0257. The summed E-state index contributed by atoms with van der Waals surface area (Å²) in [6, 6.07) is 8.75. The van der Waals surface area contributed by atoms with Gasteiger partial charge < -0.3 is 24.1 Å². The fourth-order valence-electron chi connectivity index (χ4n) is 3.43. The van der Waals surface area contributed by atoms with E-state index >= 15 is 0 Å². The van der Waals surface area contributed by atoms with Crippen molar-refractivity contribution in [2.75, 3.05) is 28.4 Å². The van der Waals surface area contributed by atoms with Gasteiger partial charge in [0.25, 0.3) is 0 Å². The van der Waals surface area contributed by atoms with E-state index in [1.807, 2.05) is 0 Å². The summed E-state index contributed by atoms with van der Waals surface area (Å²) in [5.74, 6) is -2.21. The molecule has 1 N–H and O–H groups in total. The van der Waals surface area contributed by atoms with Gasteiger partial charge in [-0.05, 0) is 47.5 Å². The van der Waals surface area contributed by atoms with Crippen molar-refractivity contribution in [3.05, 3.63) is 70.8 Å². The van der Waals surface area contributed by atoms with Gasteiger partial charge in [0, 0.05) is 5.56 Å². The molecular formula is C25H24F2O7S. The lowest BCUT2D eigenvalue weighted by Gasteiger charge is -2.14. The van der Waals surface area contributed by atoms with Crippen LogP contribution in [0.5, 0.6) is 28.7 Å². The van der Waals surface area contributed by atoms with Crippen LogP contribution in [0.4, 0.5) is 8.78 Å². The van der Waals surface area contributed by atoms with E-state index < -0.39 is 32.1 Å². The Morgan fingerprint density at radius 1 is 0.800 bits per heavy atom. The maximum absolute atomic E-state index is 13.7. The summed E-state index contributed by atoms with van der Waals surface area (Å²) < 4.78 is 74.0. The molecule has 0 radical (unpaired) electrons. The SMILES string of the molecule is COc1ccc(/C=C\c2cc(OC)c(OC)c(OC)c2)c(CS(=O)(=O)c2ccc(F)c(F)c2)c1O. The zero-order chi connectivity index (χ0) is 25.8. The van der Waals surface area contributed by atoms with Crippen molar-refractivity contribution in [2.24, 2.45) is 0 Å². The number of phenols is 1. The molecule has 0 heterocycles. The molecule has 3 aromatic carbocycles. The van der Waals surface area contributed by atoms with Crippen molar-refractivity contribution in [2.45, 2.75) is 10.6 Å². The molecule has 0 unspecified atom stereocenters. The van der Waals surface area contributed by atoms with Crippen molar-refractivity contribution in [1.29, 1.82) is 0 Å². The molecule has 3 rings (SSSR count). The van der Waals surface area contributed by atoms with E-state index in [1.54, 1.807) is 30.4 Å². The lowest BCUT2D eigenvalue weighted by atomic mass is 10.0. The molecule has 3 aromatic rings. The van der Waals surface area contributed by atoms with Crippen LogP contribution in [0.15, 0.2) is 47.4 Å². The third-order valence-electron chi connectivity index (χ3n) is 5.23. The molecule has 0 aliphatic carbocycles. The third-order valence-corrected chi connectivity index (χ3v) is 6.87. The van der Waals surface area contributed by atoms with E-state index in [0.717, 1.165) is 12.1 Å². The first-order valence-corrected chi connectivity index (χ1v) is 11.8. The zero-order valence-electron chi connectivity index (χ0n) is 19.5. The fraction of sp³-hybridized carbons (Fsp3) is 0.200. The highest BCUT2D eigenvalue weighted by molar-refractivity contribution is 7.90. The summed E-state index contributed by atoms with van der Waals surface area (Å²) in [6.07, 6.45) is 3.26. The molecule has 0 aliphatic rings. The molecule has 186 valence electrons. The number of hydrogen-bond acceptors (Lipinski definition) is 7. The van der Waals surface area contributed by atoms with Gasteiger partial charge in [-0.25, -0.2) is 17.2 Å². The van der Waals surface area contributed by atoms with Gasteiger partial charge in [0.05, 0.1) is 39.1 Å². The second kappa shape index (κ2) is 10.6. The number of sulfone groups is 1. The summed E-state index contributed by atoms with van der Waals surface area (Å²) in [6.45, 7) is 0. The van der Waals surface area contributed by atoms with E-state index in [9.17, 15) is 22.3 Å². The van der Waals surface area contributed by atoms with E-state index in [2.05, 4.69) is 0 Å². The quantitative estimate of drug-likeness (QED) is 0.328. The van der Waals surface area contributed by atoms with Crippen molar-refractivity contribution < 1.29 is 41.3 Å². The molecule has 0 atom stereocenters. The van der Waals surface area contributed by atoms with Crippen molar-refractivity contribution in [1.82, 2.24) is 0 Å². The molecule has 0 fully saturated rings. The van der Waals surface area contributed by atoms with E-state index in [1.165, 1.54) is 34.5 Å². The van der Waals surface area contributed by atoms with Crippen molar-refractivity contribution >= 4 is 22.0 Å². The number of rotatable bonds is 9. The summed E-state index contributed by atoms with van der Waals surface area (Å²) >= 11 is 0. The monoisotopic (exact) mass is 506 g/mol. The largest absolute Gasteiger partial charge is 0.504 e. The van der Waals surface area contributed by atoms with Crippen LogP contribution in [0.1, 0.15) is 16.7 Å². The lowest BCUT2D eigenvalue weighted by molar-refractivity contribution is 0.324. The number of halogens is 2. The molecule has 0 saturated carbocycles. The summed E-state index contributed by atoms with van der Waals surface area (Å²) in [5.41, 5.74) is 1.03. The van der Waals surface area contributed by atoms with Crippen LogP contribution >= 0.6 is 0 Å². The van der Waals surface area contributed by atoms with E-state index in [4.69, 9.17) is 18.9 Å². The van der Waals surface area contributed by atoms with Gasteiger partial charge in [-0.1, -0.05) is 18.2 Å². The molecule has 7 nitrogen and oxygen atoms in total. The van der Waals surface area contributed by atoms with E-state index in [-0.39, 0.29) is 17.1 Å². The lowest BCUT2D eigenvalue weighted by Crippen LogP contribution is -2.08. The van der Waals surface area contributed by atoms with Crippen LogP contribution in [0.3, 0.4) is 0 Å². The number of aromatic hydroxyl groups is 1. The Kier molecular flexibility index (Phi) is 7.85. The molecule has 0 amide bonds. The summed E-state index contributed by atoms with van der Waals surface area (Å²) in [4.78, 5) is -0.418. The summed E-state index contributed by atoms with van der Waals surface area (Å²) in [7, 11) is 1.62. The highest BCUT2D eigenvalue weighted by Crippen LogP contribution is 2.39. The normalized spacial score (nSPS) is 11.5. The predicted molar refractivity (Wildman–Crippen MR) is 127 cm³/mol. The fourth-order valence-corrected chi connectivity index (χ4v) is 4.84. The first-order chi connectivity index (χ1) is 16.6. The molecule has 10 heteroatoms. The van der Waals surface area contributed by atoms with Gasteiger partial charge in [-0.2, -0.15) is 0 Å². The van der Waals surface area contributed by atoms with Gasteiger partial charge in [0.15, 0.2) is 44.5 Å². The molecule has 35 heavy (non-hydrogen) atoms. The summed E-state index contributed by atoms with van der Waals surface area (Å²) in [5, 5.41) is 10.7. The highest BCUT2D eigenvalue weighted by Gasteiger charge is 2.23. The molecule has 0 bridgehead atoms. The Morgan fingerprint density at radius 2 is 1.43 bits per heavy atom. The molecule has 0 spiro atoms. The average Bonchev–Trinajstić information content (AvgIpc) is 2.85. The second-order valence-corrected chi connectivity index (χ2v) is 9.30. The van der Waals surface area contributed by atoms with Crippen LogP contribution in [-0.2, 0) is 15.6 Å². The standard InChI is InChI=1S/C25H24F2O7S/c1-31-21-10-7-16(6-5-15-11-22(32-2)25(34-4)23(12-15)33-3)18(24(21)28)14-35(29,30)17-8-9-19(26)20(27)13-17/h5-13,28H,14H2,1-4H3/b6-5-. The Morgan fingerprint density at radius 3 is 1.97 bits per heavy atom. The van der Waals surface area contributed by atoms with Crippen LogP contribution in [-0.4, -0.2) is 42.0 Å². The van der Waals surface area contributed by atoms with Gasteiger partial charge in [0.1, 0.15) is 0 Å². The van der Waals surface area contributed by atoms with Crippen LogP contribution in [0, 0.1) is 11.6 Å². The first kappa shape index (κ1) is 25.8. The van der Waals surface area contributed by atoms with Gasteiger partial charge in [-0.15, -0.1) is 0 Å². The highest BCUT2D eigenvalue weighted by atomic mass is 32.2. The average molecular weight is 507 g/mol. The Hall–Kier alpha value is -3.79. The minimum atomic E-state index is -4.15. The van der Waals surface area contributed by atoms with Crippen molar-refractivity contribution in [3.63, 3.8) is 0 Å². The maximum atomic E-state index is 13.7. The van der Waals surface area contributed by atoms with Crippen LogP contribution in [0.25, 0.3) is 12.2 Å². The second-order valence-electron chi connectivity index (χ2n) is 7.31. The van der Waals surface area contributed by atoms with Gasteiger partial charge >= 0.3 is 0 Å². The zero-order valence-corrected chi connectivity index (χ0v) is 20.3.